The molecular weight excluding hydrogens is 210 g/mol. The maximum Gasteiger partial charge on any atom is 0.0534 e. The standard InChI is InChI=1S/C15H23NO/c16-12-15(10-5-11-17-13-15)9-4-8-14-6-2-1-3-7-14/h1-3,6-7H,4-5,8-13,16H2. The van der Waals surface area contributed by atoms with Crippen molar-refractivity contribution in [3.63, 3.8) is 0 Å². The van der Waals surface area contributed by atoms with E-state index in [9.17, 15) is 0 Å². The van der Waals surface area contributed by atoms with Crippen molar-refractivity contribution in [2.24, 2.45) is 11.1 Å². The van der Waals surface area contributed by atoms with E-state index in [0.29, 0.717) is 0 Å². The molecule has 1 aromatic carbocycles. The predicted octanol–water partition coefficient (Wildman–Crippen LogP) is 2.76. The summed E-state index contributed by atoms with van der Waals surface area (Å²) in [6.07, 6.45) is 5.96. The summed E-state index contributed by atoms with van der Waals surface area (Å²) in [4.78, 5) is 0. The molecule has 2 rings (SSSR count). The molecule has 94 valence electrons. The molecule has 0 bridgehead atoms. The van der Waals surface area contributed by atoms with E-state index in [2.05, 4.69) is 30.3 Å². The lowest BCUT2D eigenvalue weighted by Crippen LogP contribution is -2.38. The van der Waals surface area contributed by atoms with E-state index >= 15 is 0 Å². The normalized spacial score (nSPS) is 24.8. The van der Waals surface area contributed by atoms with Gasteiger partial charge in [0.05, 0.1) is 6.61 Å². The number of nitrogens with two attached hydrogens (primary N) is 1. The highest BCUT2D eigenvalue weighted by Gasteiger charge is 2.30. The summed E-state index contributed by atoms with van der Waals surface area (Å²) in [5.41, 5.74) is 7.62. The summed E-state index contributed by atoms with van der Waals surface area (Å²) in [5.74, 6) is 0. The highest BCUT2D eigenvalue weighted by molar-refractivity contribution is 5.14. The molecule has 1 heterocycles. The van der Waals surface area contributed by atoms with Crippen LogP contribution in [0.4, 0.5) is 0 Å². The first kappa shape index (κ1) is 12.6. The highest BCUT2D eigenvalue weighted by atomic mass is 16.5. The quantitative estimate of drug-likeness (QED) is 0.848. The molecule has 0 radical (unpaired) electrons. The van der Waals surface area contributed by atoms with Crippen LogP contribution in [-0.2, 0) is 11.2 Å². The summed E-state index contributed by atoms with van der Waals surface area (Å²) < 4.78 is 5.60. The van der Waals surface area contributed by atoms with Gasteiger partial charge in [-0.05, 0) is 37.7 Å². The van der Waals surface area contributed by atoms with E-state index in [1.807, 2.05) is 0 Å². The smallest absolute Gasteiger partial charge is 0.0534 e. The first-order valence-electron chi connectivity index (χ1n) is 6.66. The van der Waals surface area contributed by atoms with Crippen molar-refractivity contribution in [3.05, 3.63) is 35.9 Å². The molecule has 0 saturated carbocycles. The number of aryl methyl sites for hydroxylation is 1. The third-order valence-electron chi connectivity index (χ3n) is 3.85. The van der Waals surface area contributed by atoms with Gasteiger partial charge < -0.3 is 10.5 Å². The second-order valence-corrected chi connectivity index (χ2v) is 5.20. The van der Waals surface area contributed by atoms with Crippen molar-refractivity contribution in [3.8, 4) is 0 Å². The van der Waals surface area contributed by atoms with Crippen LogP contribution < -0.4 is 5.73 Å². The van der Waals surface area contributed by atoms with Gasteiger partial charge in [0.15, 0.2) is 0 Å². The van der Waals surface area contributed by atoms with Crippen LogP contribution in [0.25, 0.3) is 0 Å². The topological polar surface area (TPSA) is 35.2 Å². The maximum atomic E-state index is 5.94. The van der Waals surface area contributed by atoms with Crippen LogP contribution in [0.3, 0.4) is 0 Å². The van der Waals surface area contributed by atoms with Gasteiger partial charge in [0.25, 0.3) is 0 Å². The lowest BCUT2D eigenvalue weighted by Gasteiger charge is -2.36. The Balaban J connectivity index is 1.80. The molecule has 0 aromatic heterocycles. The molecule has 0 aliphatic carbocycles. The second kappa shape index (κ2) is 6.18. The van der Waals surface area contributed by atoms with Gasteiger partial charge in [-0.15, -0.1) is 0 Å². The second-order valence-electron chi connectivity index (χ2n) is 5.20. The molecule has 1 aliphatic rings. The highest BCUT2D eigenvalue weighted by Crippen LogP contribution is 2.32. The monoisotopic (exact) mass is 233 g/mol. The van der Waals surface area contributed by atoms with Crippen molar-refractivity contribution in [2.45, 2.75) is 32.1 Å². The average Bonchev–Trinajstić information content (AvgIpc) is 2.41. The molecule has 1 saturated heterocycles. The fourth-order valence-electron chi connectivity index (χ4n) is 2.68. The molecule has 2 N–H and O–H groups in total. The zero-order valence-electron chi connectivity index (χ0n) is 10.5. The van der Waals surface area contributed by atoms with E-state index in [4.69, 9.17) is 10.5 Å². The zero-order valence-corrected chi connectivity index (χ0v) is 10.5. The summed E-state index contributed by atoms with van der Waals surface area (Å²) in [7, 11) is 0. The van der Waals surface area contributed by atoms with Crippen molar-refractivity contribution in [1.82, 2.24) is 0 Å². The minimum Gasteiger partial charge on any atom is -0.381 e. The van der Waals surface area contributed by atoms with Gasteiger partial charge in [-0.25, -0.2) is 0 Å². The summed E-state index contributed by atoms with van der Waals surface area (Å²) in [6.45, 7) is 2.54. The van der Waals surface area contributed by atoms with Crippen LogP contribution >= 0.6 is 0 Å². The van der Waals surface area contributed by atoms with Gasteiger partial charge in [0.2, 0.25) is 0 Å². The summed E-state index contributed by atoms with van der Waals surface area (Å²) >= 11 is 0. The van der Waals surface area contributed by atoms with Gasteiger partial charge in [0, 0.05) is 18.6 Å². The molecule has 1 atom stereocenters. The Bertz CT molecular complexity index is 317. The number of benzene rings is 1. The number of rotatable bonds is 5. The Hall–Kier alpha value is -0.860. The summed E-state index contributed by atoms with van der Waals surface area (Å²) in [6, 6.07) is 10.7. The van der Waals surface area contributed by atoms with Crippen molar-refractivity contribution in [1.29, 1.82) is 0 Å². The van der Waals surface area contributed by atoms with Crippen LogP contribution in [0, 0.1) is 5.41 Å². The van der Waals surface area contributed by atoms with E-state index in [-0.39, 0.29) is 5.41 Å². The number of ether oxygens (including phenoxy) is 1. The van der Waals surface area contributed by atoms with Crippen molar-refractivity contribution < 1.29 is 4.74 Å². The minimum absolute atomic E-state index is 0.257. The van der Waals surface area contributed by atoms with Crippen LogP contribution in [0.5, 0.6) is 0 Å². The minimum atomic E-state index is 0.257. The first-order valence-corrected chi connectivity index (χ1v) is 6.66. The average molecular weight is 233 g/mol. The molecule has 2 heteroatoms. The molecule has 0 amide bonds. The molecule has 1 unspecified atom stereocenters. The van der Waals surface area contributed by atoms with E-state index in [0.717, 1.165) is 26.2 Å². The zero-order chi connectivity index (χ0) is 12.0. The van der Waals surface area contributed by atoms with Crippen LogP contribution in [0.2, 0.25) is 0 Å². The Morgan fingerprint density at radius 2 is 2.06 bits per heavy atom. The Kier molecular flexibility index (Phi) is 4.57. The fraction of sp³-hybridized carbons (Fsp3) is 0.600. The SMILES string of the molecule is NCC1(CCCc2ccccc2)CCCOC1. The predicted molar refractivity (Wildman–Crippen MR) is 70.9 cm³/mol. The van der Waals surface area contributed by atoms with Gasteiger partial charge in [-0.1, -0.05) is 30.3 Å². The third kappa shape index (κ3) is 3.55. The lowest BCUT2D eigenvalue weighted by atomic mass is 9.78. The summed E-state index contributed by atoms with van der Waals surface area (Å²) in [5, 5.41) is 0. The van der Waals surface area contributed by atoms with Crippen LogP contribution in [0.15, 0.2) is 30.3 Å². The third-order valence-corrected chi connectivity index (χ3v) is 3.85. The van der Waals surface area contributed by atoms with Crippen molar-refractivity contribution in [2.75, 3.05) is 19.8 Å². The van der Waals surface area contributed by atoms with Crippen LogP contribution in [-0.4, -0.2) is 19.8 Å². The van der Waals surface area contributed by atoms with Gasteiger partial charge in [-0.3, -0.25) is 0 Å². The Morgan fingerprint density at radius 3 is 2.71 bits per heavy atom. The Morgan fingerprint density at radius 1 is 1.24 bits per heavy atom. The Labute approximate surface area is 104 Å². The van der Waals surface area contributed by atoms with E-state index in [1.54, 1.807) is 0 Å². The molecule has 1 aliphatic heterocycles. The van der Waals surface area contributed by atoms with Gasteiger partial charge >= 0.3 is 0 Å². The van der Waals surface area contributed by atoms with Gasteiger partial charge in [0.1, 0.15) is 0 Å². The molecular formula is C15H23NO. The first-order chi connectivity index (χ1) is 8.35. The van der Waals surface area contributed by atoms with Crippen molar-refractivity contribution >= 4 is 0 Å². The molecule has 1 aromatic rings. The molecule has 2 nitrogen and oxygen atoms in total. The molecule has 1 fully saturated rings. The fourth-order valence-corrected chi connectivity index (χ4v) is 2.68. The van der Waals surface area contributed by atoms with E-state index < -0.39 is 0 Å². The maximum absolute atomic E-state index is 5.94. The molecule has 17 heavy (non-hydrogen) atoms. The number of hydrogen-bond donors (Lipinski definition) is 1. The van der Waals surface area contributed by atoms with Crippen LogP contribution in [0.1, 0.15) is 31.2 Å². The largest absolute Gasteiger partial charge is 0.381 e. The van der Waals surface area contributed by atoms with Gasteiger partial charge in [-0.2, -0.15) is 0 Å². The lowest BCUT2D eigenvalue weighted by molar-refractivity contribution is -0.00838. The number of hydrogen-bond acceptors (Lipinski definition) is 2. The molecule has 0 spiro atoms. The van der Waals surface area contributed by atoms with E-state index in [1.165, 1.54) is 31.2 Å².